The van der Waals surface area contributed by atoms with Crippen molar-refractivity contribution < 1.29 is 9.59 Å². The van der Waals surface area contributed by atoms with Crippen molar-refractivity contribution in [1.29, 1.82) is 0 Å². The van der Waals surface area contributed by atoms with Crippen molar-refractivity contribution in [3.8, 4) is 0 Å². The molecule has 2 amide bonds. The van der Waals surface area contributed by atoms with Gasteiger partial charge in [-0.2, -0.15) is 0 Å². The number of nitrogens with one attached hydrogen (secondary N) is 1. The molecule has 0 saturated carbocycles. The maximum absolute atomic E-state index is 12.4. The van der Waals surface area contributed by atoms with Gasteiger partial charge < -0.3 is 14.8 Å². The van der Waals surface area contributed by atoms with E-state index in [1.807, 2.05) is 18.3 Å². The van der Waals surface area contributed by atoms with Crippen LogP contribution in [0.15, 0.2) is 36.7 Å². The first-order valence-corrected chi connectivity index (χ1v) is 8.42. The van der Waals surface area contributed by atoms with Gasteiger partial charge in [0.15, 0.2) is 0 Å². The van der Waals surface area contributed by atoms with E-state index in [0.29, 0.717) is 12.0 Å². The number of carbonyl (C=O) groups excluding carboxylic acids is 2. The lowest BCUT2D eigenvalue weighted by Crippen LogP contribution is -2.40. The van der Waals surface area contributed by atoms with Crippen LogP contribution in [-0.2, 0) is 17.8 Å². The zero-order valence-corrected chi connectivity index (χ0v) is 13.4. The first-order valence-electron chi connectivity index (χ1n) is 8.42. The van der Waals surface area contributed by atoms with Gasteiger partial charge in [-0.3, -0.25) is 9.59 Å². The molecule has 1 aromatic carbocycles. The highest BCUT2D eigenvalue weighted by atomic mass is 16.2. The van der Waals surface area contributed by atoms with E-state index in [2.05, 4.69) is 14.9 Å². The van der Waals surface area contributed by atoms with Crippen molar-refractivity contribution in [3.63, 3.8) is 0 Å². The van der Waals surface area contributed by atoms with Gasteiger partial charge >= 0.3 is 0 Å². The summed E-state index contributed by atoms with van der Waals surface area (Å²) in [5.74, 6) is 1.17. The van der Waals surface area contributed by atoms with Crippen LogP contribution in [0.3, 0.4) is 0 Å². The molecule has 1 unspecified atom stereocenters. The number of nitrogens with zero attached hydrogens (tertiary/aromatic N) is 3. The molecule has 2 aliphatic heterocycles. The number of aryl methyl sites for hydroxylation is 1. The van der Waals surface area contributed by atoms with E-state index in [4.69, 9.17) is 0 Å². The van der Waals surface area contributed by atoms with Crippen LogP contribution in [0.2, 0.25) is 0 Å². The highest BCUT2D eigenvalue weighted by molar-refractivity contribution is 5.97. The molecule has 6 heteroatoms. The minimum absolute atomic E-state index is 0.0668. The third-order valence-electron chi connectivity index (χ3n) is 4.78. The number of aromatic nitrogens is 2. The Morgan fingerprint density at radius 3 is 2.79 bits per heavy atom. The molecule has 24 heavy (non-hydrogen) atoms. The molecule has 0 spiro atoms. The molecular formula is C18H20N4O2. The molecule has 4 rings (SSSR count). The molecule has 124 valence electrons. The van der Waals surface area contributed by atoms with Crippen LogP contribution >= 0.6 is 0 Å². The van der Waals surface area contributed by atoms with Crippen LogP contribution in [-0.4, -0.2) is 34.0 Å². The number of amides is 2. The molecule has 1 fully saturated rings. The summed E-state index contributed by atoms with van der Waals surface area (Å²) in [6.07, 6.45) is 7.06. The third kappa shape index (κ3) is 2.79. The largest absolute Gasteiger partial charge is 0.347 e. The number of rotatable bonds is 3. The summed E-state index contributed by atoms with van der Waals surface area (Å²) < 4.78 is 2.09. The number of anilines is 1. The lowest BCUT2D eigenvalue weighted by Gasteiger charge is -2.24. The molecule has 2 aromatic rings. The molecule has 1 N–H and O–H groups in total. The second kappa shape index (κ2) is 6.11. The van der Waals surface area contributed by atoms with Gasteiger partial charge in [0, 0.05) is 55.6 Å². The summed E-state index contributed by atoms with van der Waals surface area (Å²) in [7, 11) is 0. The highest BCUT2D eigenvalue weighted by Gasteiger charge is 2.23. The number of fused-ring (bicyclic) bond motifs is 1. The lowest BCUT2D eigenvalue weighted by molar-refractivity contribution is -0.117. The lowest BCUT2D eigenvalue weighted by atomic mass is 10.1. The number of hydrogen-bond acceptors (Lipinski definition) is 3. The van der Waals surface area contributed by atoms with E-state index in [1.165, 1.54) is 0 Å². The second-order valence-electron chi connectivity index (χ2n) is 6.40. The van der Waals surface area contributed by atoms with E-state index in [0.717, 1.165) is 43.9 Å². The monoisotopic (exact) mass is 324 g/mol. The minimum atomic E-state index is -0.0668. The molecule has 0 aliphatic carbocycles. The molecular weight excluding hydrogens is 304 g/mol. The molecule has 0 bridgehead atoms. The van der Waals surface area contributed by atoms with Crippen molar-refractivity contribution in [2.24, 2.45) is 0 Å². The van der Waals surface area contributed by atoms with Crippen molar-refractivity contribution in [3.05, 3.63) is 48.0 Å². The van der Waals surface area contributed by atoms with Gasteiger partial charge in [0.2, 0.25) is 5.91 Å². The molecule has 0 radical (unpaired) electrons. The SMILES string of the molecule is O=C(NC1CCc2nccn2C1)c1ccc(N2CCCC2=O)cc1. The maximum atomic E-state index is 12.4. The van der Waals surface area contributed by atoms with Crippen molar-refractivity contribution in [1.82, 2.24) is 14.9 Å². The van der Waals surface area contributed by atoms with Crippen LogP contribution in [0, 0.1) is 0 Å². The van der Waals surface area contributed by atoms with Crippen LogP contribution in [0.4, 0.5) is 5.69 Å². The Hall–Kier alpha value is -2.63. The summed E-state index contributed by atoms with van der Waals surface area (Å²) in [5, 5.41) is 3.10. The van der Waals surface area contributed by atoms with E-state index in [9.17, 15) is 9.59 Å². The van der Waals surface area contributed by atoms with E-state index < -0.39 is 0 Å². The fourth-order valence-corrected chi connectivity index (χ4v) is 3.47. The van der Waals surface area contributed by atoms with Gasteiger partial charge in [0.25, 0.3) is 5.91 Å². The summed E-state index contributed by atoms with van der Waals surface area (Å²) in [4.78, 5) is 30.3. The fourth-order valence-electron chi connectivity index (χ4n) is 3.47. The maximum Gasteiger partial charge on any atom is 0.251 e. The predicted octanol–water partition coefficient (Wildman–Crippen LogP) is 1.75. The van der Waals surface area contributed by atoms with Crippen LogP contribution in [0.25, 0.3) is 0 Å². The Bertz CT molecular complexity index is 766. The number of benzene rings is 1. The highest BCUT2D eigenvalue weighted by Crippen LogP contribution is 2.22. The Kier molecular flexibility index (Phi) is 3.80. The molecule has 1 aromatic heterocycles. The molecule has 3 heterocycles. The summed E-state index contributed by atoms with van der Waals surface area (Å²) in [6.45, 7) is 1.53. The van der Waals surface area contributed by atoms with Gasteiger partial charge in [-0.25, -0.2) is 4.98 Å². The summed E-state index contributed by atoms with van der Waals surface area (Å²) in [6, 6.07) is 7.42. The zero-order chi connectivity index (χ0) is 16.5. The number of hydrogen-bond donors (Lipinski definition) is 1. The summed E-state index contributed by atoms with van der Waals surface area (Å²) in [5.41, 5.74) is 1.50. The summed E-state index contributed by atoms with van der Waals surface area (Å²) >= 11 is 0. The van der Waals surface area contributed by atoms with E-state index >= 15 is 0 Å². The van der Waals surface area contributed by atoms with Crippen LogP contribution in [0.5, 0.6) is 0 Å². The fraction of sp³-hybridized carbons (Fsp3) is 0.389. The average Bonchev–Trinajstić information content (AvgIpc) is 3.23. The van der Waals surface area contributed by atoms with Crippen molar-refractivity contribution >= 4 is 17.5 Å². The molecule has 1 saturated heterocycles. The average molecular weight is 324 g/mol. The van der Waals surface area contributed by atoms with Gasteiger partial charge in [-0.15, -0.1) is 0 Å². The topological polar surface area (TPSA) is 67.2 Å². The number of carbonyl (C=O) groups is 2. The van der Waals surface area contributed by atoms with Gasteiger partial charge in [0.05, 0.1) is 0 Å². The Morgan fingerprint density at radius 2 is 2.04 bits per heavy atom. The van der Waals surface area contributed by atoms with Crippen LogP contribution in [0.1, 0.15) is 35.4 Å². The van der Waals surface area contributed by atoms with Crippen molar-refractivity contribution in [2.45, 2.75) is 38.3 Å². The standard InChI is InChI=1S/C18H20N4O2/c23-17-2-1-10-22(17)15-6-3-13(4-7-15)18(24)20-14-5-8-16-19-9-11-21(16)12-14/h3-4,6-7,9,11,14H,1-2,5,8,10,12H2,(H,20,24). The first kappa shape index (κ1) is 14.9. The Morgan fingerprint density at radius 1 is 1.21 bits per heavy atom. The van der Waals surface area contributed by atoms with Crippen LogP contribution < -0.4 is 10.2 Å². The Balaban J connectivity index is 1.41. The van der Waals surface area contributed by atoms with Gasteiger partial charge in [0.1, 0.15) is 5.82 Å². The third-order valence-corrected chi connectivity index (χ3v) is 4.78. The van der Waals surface area contributed by atoms with E-state index in [-0.39, 0.29) is 17.9 Å². The zero-order valence-electron chi connectivity index (χ0n) is 13.4. The van der Waals surface area contributed by atoms with E-state index in [1.54, 1.807) is 23.2 Å². The second-order valence-corrected chi connectivity index (χ2v) is 6.40. The van der Waals surface area contributed by atoms with Crippen molar-refractivity contribution in [2.75, 3.05) is 11.4 Å². The van der Waals surface area contributed by atoms with Gasteiger partial charge in [-0.05, 0) is 37.1 Å². The quantitative estimate of drug-likeness (QED) is 0.935. The molecule has 1 atom stereocenters. The molecule has 2 aliphatic rings. The first-order chi connectivity index (χ1) is 11.7. The Labute approximate surface area is 140 Å². The minimum Gasteiger partial charge on any atom is -0.347 e. The number of imidazole rings is 1. The van der Waals surface area contributed by atoms with Gasteiger partial charge in [-0.1, -0.05) is 0 Å². The molecule has 6 nitrogen and oxygen atoms in total. The predicted molar refractivity (Wildman–Crippen MR) is 89.8 cm³/mol. The normalized spacial score (nSPS) is 20.1. The smallest absolute Gasteiger partial charge is 0.251 e.